The van der Waals surface area contributed by atoms with Crippen LogP contribution >= 0.6 is 0 Å². The minimum atomic E-state index is -0.379. The second kappa shape index (κ2) is 5.28. The van der Waals surface area contributed by atoms with Crippen molar-refractivity contribution in [2.45, 2.75) is 6.54 Å². The minimum absolute atomic E-state index is 0.216. The molecule has 20 heavy (non-hydrogen) atoms. The first kappa shape index (κ1) is 12.6. The number of fused-ring (bicyclic) bond motifs is 1. The predicted octanol–water partition coefficient (Wildman–Crippen LogP) is 3.18. The van der Waals surface area contributed by atoms with E-state index in [0.717, 1.165) is 22.7 Å². The summed E-state index contributed by atoms with van der Waals surface area (Å²) in [7, 11) is 1.44. The number of ether oxygens (including phenoxy) is 3. The van der Waals surface area contributed by atoms with E-state index in [0.29, 0.717) is 6.54 Å². The minimum Gasteiger partial charge on any atom is -0.494 e. The average Bonchev–Trinajstić information content (AvgIpc) is 2.95. The molecule has 0 saturated carbocycles. The highest BCUT2D eigenvalue weighted by atomic mass is 19.1. The molecule has 0 radical (unpaired) electrons. The zero-order chi connectivity index (χ0) is 13.9. The molecule has 0 aromatic heterocycles. The van der Waals surface area contributed by atoms with Gasteiger partial charge in [-0.05, 0) is 18.2 Å². The first-order valence-electron chi connectivity index (χ1n) is 6.23. The third-order valence-electron chi connectivity index (χ3n) is 3.11. The summed E-state index contributed by atoms with van der Waals surface area (Å²) in [6.45, 7) is 0.804. The lowest BCUT2D eigenvalue weighted by Crippen LogP contribution is -2.02. The number of anilines is 1. The fraction of sp³-hybridized carbons (Fsp3) is 0.200. The van der Waals surface area contributed by atoms with Crippen LogP contribution in [0.2, 0.25) is 0 Å². The normalized spacial score (nSPS) is 12.3. The second-order valence-electron chi connectivity index (χ2n) is 4.35. The zero-order valence-electron chi connectivity index (χ0n) is 11.0. The van der Waals surface area contributed by atoms with E-state index in [2.05, 4.69) is 5.32 Å². The Bertz CT molecular complexity index is 631. The van der Waals surface area contributed by atoms with Crippen molar-refractivity contribution in [3.63, 3.8) is 0 Å². The maximum Gasteiger partial charge on any atom is 0.231 e. The number of nitrogens with one attached hydrogen (secondary N) is 1. The van der Waals surface area contributed by atoms with Gasteiger partial charge in [-0.25, -0.2) is 4.39 Å². The largest absolute Gasteiger partial charge is 0.494 e. The van der Waals surface area contributed by atoms with Crippen molar-refractivity contribution in [3.05, 3.63) is 47.8 Å². The van der Waals surface area contributed by atoms with Gasteiger partial charge < -0.3 is 19.5 Å². The van der Waals surface area contributed by atoms with E-state index in [1.165, 1.54) is 13.2 Å². The molecule has 2 aromatic carbocycles. The van der Waals surface area contributed by atoms with Crippen LogP contribution in [0.3, 0.4) is 0 Å². The van der Waals surface area contributed by atoms with Gasteiger partial charge in [-0.2, -0.15) is 0 Å². The lowest BCUT2D eigenvalue weighted by Gasteiger charge is -2.10. The van der Waals surface area contributed by atoms with Crippen LogP contribution in [0, 0.1) is 5.82 Å². The van der Waals surface area contributed by atoms with Crippen LogP contribution in [-0.2, 0) is 6.54 Å². The molecule has 0 amide bonds. The predicted molar refractivity (Wildman–Crippen MR) is 72.8 cm³/mol. The lowest BCUT2D eigenvalue weighted by atomic mass is 10.2. The fourth-order valence-electron chi connectivity index (χ4n) is 2.10. The highest BCUT2D eigenvalue weighted by Crippen LogP contribution is 2.35. The SMILES string of the molecule is COc1cc(NCc2cccc3c2OCO3)ccc1F. The Morgan fingerprint density at radius 1 is 1.25 bits per heavy atom. The van der Waals surface area contributed by atoms with Crippen molar-refractivity contribution in [3.8, 4) is 17.2 Å². The van der Waals surface area contributed by atoms with Gasteiger partial charge in [0.15, 0.2) is 23.1 Å². The molecule has 0 aliphatic carbocycles. The Hall–Kier alpha value is -2.43. The van der Waals surface area contributed by atoms with E-state index >= 15 is 0 Å². The zero-order valence-corrected chi connectivity index (χ0v) is 11.0. The summed E-state index contributed by atoms with van der Waals surface area (Å²) >= 11 is 0. The highest BCUT2D eigenvalue weighted by molar-refractivity contribution is 5.52. The van der Waals surface area contributed by atoms with Gasteiger partial charge >= 0.3 is 0 Å². The van der Waals surface area contributed by atoms with Gasteiger partial charge in [0, 0.05) is 23.9 Å². The third-order valence-corrected chi connectivity index (χ3v) is 3.11. The van der Waals surface area contributed by atoms with E-state index < -0.39 is 0 Å². The van der Waals surface area contributed by atoms with Crippen molar-refractivity contribution in [1.29, 1.82) is 0 Å². The van der Waals surface area contributed by atoms with Crippen LogP contribution in [0.15, 0.2) is 36.4 Å². The number of hydrogen-bond acceptors (Lipinski definition) is 4. The molecule has 104 valence electrons. The number of rotatable bonds is 4. The molecular weight excluding hydrogens is 261 g/mol. The molecule has 1 N–H and O–H groups in total. The van der Waals surface area contributed by atoms with Gasteiger partial charge in [0.2, 0.25) is 6.79 Å². The number of methoxy groups -OCH3 is 1. The number of benzene rings is 2. The molecule has 1 aliphatic rings. The third kappa shape index (κ3) is 2.34. The van der Waals surface area contributed by atoms with Gasteiger partial charge in [0.1, 0.15) is 0 Å². The summed E-state index contributed by atoms with van der Waals surface area (Å²) in [5, 5.41) is 3.21. The molecule has 2 aromatic rings. The van der Waals surface area contributed by atoms with E-state index in [4.69, 9.17) is 14.2 Å². The maximum atomic E-state index is 13.3. The van der Waals surface area contributed by atoms with Gasteiger partial charge in [0.25, 0.3) is 0 Å². The first-order chi connectivity index (χ1) is 9.78. The molecule has 0 spiro atoms. The fourth-order valence-corrected chi connectivity index (χ4v) is 2.10. The van der Waals surface area contributed by atoms with Crippen LogP contribution in [0.4, 0.5) is 10.1 Å². The van der Waals surface area contributed by atoms with Crippen molar-refractivity contribution in [2.24, 2.45) is 0 Å². The van der Waals surface area contributed by atoms with Crippen LogP contribution < -0.4 is 19.5 Å². The monoisotopic (exact) mass is 275 g/mol. The highest BCUT2D eigenvalue weighted by Gasteiger charge is 2.16. The Morgan fingerprint density at radius 2 is 2.15 bits per heavy atom. The van der Waals surface area contributed by atoms with Crippen molar-refractivity contribution in [1.82, 2.24) is 0 Å². The standard InChI is InChI=1S/C15H14FNO3/c1-18-14-7-11(5-6-12(14)16)17-8-10-3-2-4-13-15(10)20-9-19-13/h2-7,17H,8-9H2,1H3. The Kier molecular flexibility index (Phi) is 3.33. The van der Waals surface area contributed by atoms with E-state index in [1.807, 2.05) is 18.2 Å². The van der Waals surface area contributed by atoms with Gasteiger partial charge in [0.05, 0.1) is 7.11 Å². The number of para-hydroxylation sites is 1. The van der Waals surface area contributed by atoms with E-state index in [-0.39, 0.29) is 18.4 Å². The van der Waals surface area contributed by atoms with Crippen molar-refractivity contribution in [2.75, 3.05) is 19.2 Å². The lowest BCUT2D eigenvalue weighted by molar-refractivity contribution is 0.173. The molecule has 1 heterocycles. The Labute approximate surface area is 116 Å². The molecule has 0 unspecified atom stereocenters. The molecule has 0 fully saturated rings. The van der Waals surface area contributed by atoms with Crippen molar-refractivity contribution >= 4 is 5.69 Å². The molecule has 1 aliphatic heterocycles. The second-order valence-corrected chi connectivity index (χ2v) is 4.35. The molecule has 0 bridgehead atoms. The van der Waals surface area contributed by atoms with Crippen molar-refractivity contribution < 1.29 is 18.6 Å². The molecule has 3 rings (SSSR count). The topological polar surface area (TPSA) is 39.7 Å². The summed E-state index contributed by atoms with van der Waals surface area (Å²) in [5.41, 5.74) is 1.77. The van der Waals surface area contributed by atoms with Crippen LogP contribution in [0.25, 0.3) is 0 Å². The first-order valence-corrected chi connectivity index (χ1v) is 6.23. The van der Waals surface area contributed by atoms with Crippen LogP contribution in [0.5, 0.6) is 17.2 Å². The van der Waals surface area contributed by atoms with Crippen LogP contribution in [-0.4, -0.2) is 13.9 Å². The van der Waals surface area contributed by atoms with E-state index in [9.17, 15) is 4.39 Å². The maximum absolute atomic E-state index is 13.3. The van der Waals surface area contributed by atoms with Gasteiger partial charge in [-0.15, -0.1) is 0 Å². The van der Waals surface area contributed by atoms with Gasteiger partial charge in [-0.3, -0.25) is 0 Å². The summed E-state index contributed by atoms with van der Waals surface area (Å²) < 4.78 is 29.0. The molecular formula is C15H14FNO3. The Balaban J connectivity index is 1.75. The Morgan fingerprint density at radius 3 is 3.00 bits per heavy atom. The summed E-state index contributed by atoms with van der Waals surface area (Å²) in [4.78, 5) is 0. The molecule has 5 heteroatoms. The van der Waals surface area contributed by atoms with Crippen LogP contribution in [0.1, 0.15) is 5.56 Å². The molecule has 0 saturated heterocycles. The summed E-state index contributed by atoms with van der Waals surface area (Å²) in [6, 6.07) is 10.4. The van der Waals surface area contributed by atoms with E-state index in [1.54, 1.807) is 12.1 Å². The van der Waals surface area contributed by atoms with Gasteiger partial charge in [-0.1, -0.05) is 12.1 Å². The summed E-state index contributed by atoms with van der Waals surface area (Å²) in [6.07, 6.45) is 0. The smallest absolute Gasteiger partial charge is 0.231 e. The quantitative estimate of drug-likeness (QED) is 0.930. The molecule has 4 nitrogen and oxygen atoms in total. The number of hydrogen-bond donors (Lipinski definition) is 1. The molecule has 0 atom stereocenters. The summed E-state index contributed by atoms with van der Waals surface area (Å²) in [5.74, 6) is 1.35. The number of halogens is 1. The average molecular weight is 275 g/mol.